The van der Waals surface area contributed by atoms with Gasteiger partial charge in [0.25, 0.3) is 0 Å². The molecule has 0 bridgehead atoms. The molecule has 2 atom stereocenters. The number of halogens is 1. The maximum atomic E-state index is 14.6. The molecule has 3 fully saturated rings. The largest absolute Gasteiger partial charge is 0.385 e. The minimum atomic E-state index is -0.139. The average molecular weight is 410 g/mol. The summed E-state index contributed by atoms with van der Waals surface area (Å²) in [6.45, 7) is 9.55. The van der Waals surface area contributed by atoms with Crippen molar-refractivity contribution in [2.24, 2.45) is 17.8 Å². The van der Waals surface area contributed by atoms with Crippen LogP contribution >= 0.6 is 0 Å². The number of nitrogens with one attached hydrogen (secondary N) is 1. The molecule has 30 heavy (non-hydrogen) atoms. The van der Waals surface area contributed by atoms with E-state index in [0.717, 1.165) is 56.0 Å². The van der Waals surface area contributed by atoms with Gasteiger partial charge < -0.3 is 19.9 Å². The molecule has 2 unspecified atom stereocenters. The van der Waals surface area contributed by atoms with Gasteiger partial charge in [0, 0.05) is 45.0 Å². The predicted molar refractivity (Wildman–Crippen MR) is 120 cm³/mol. The number of fused-ring (bicyclic) bond motifs is 1. The normalized spacial score (nSPS) is 25.9. The third-order valence-corrected chi connectivity index (χ3v) is 7.13. The molecule has 0 radical (unpaired) electrons. The summed E-state index contributed by atoms with van der Waals surface area (Å²) in [5.41, 5.74) is 4.34. The van der Waals surface area contributed by atoms with Crippen molar-refractivity contribution in [2.45, 2.75) is 13.3 Å². The highest BCUT2D eigenvalue weighted by Crippen LogP contribution is 2.51. The second-order valence-electron chi connectivity index (χ2n) is 9.13. The zero-order valence-corrected chi connectivity index (χ0v) is 17.8. The standard InChI is InChI=1S/C25H32FN3O/c1-18-2-4-19(5-3-18)8-9-28-16-22-21(23(22)17-28)15-27-20-6-7-25(24(26)14-20)29-10-12-30-13-11-29/h2-7,14,21-23,27H,8-13,15-17H2,1H3. The van der Waals surface area contributed by atoms with Crippen molar-refractivity contribution in [1.29, 1.82) is 0 Å². The Morgan fingerprint density at radius 1 is 1.03 bits per heavy atom. The predicted octanol–water partition coefficient (Wildman–Crippen LogP) is 3.80. The van der Waals surface area contributed by atoms with Crippen LogP contribution in [0.4, 0.5) is 15.8 Å². The van der Waals surface area contributed by atoms with Crippen molar-refractivity contribution < 1.29 is 9.13 Å². The zero-order chi connectivity index (χ0) is 20.5. The third-order valence-electron chi connectivity index (χ3n) is 7.13. The molecule has 2 aromatic rings. The second kappa shape index (κ2) is 8.56. The number of ether oxygens (including phenoxy) is 1. The number of likely N-dealkylation sites (tertiary alicyclic amines) is 1. The topological polar surface area (TPSA) is 27.7 Å². The first-order valence-electron chi connectivity index (χ1n) is 11.3. The highest BCUT2D eigenvalue weighted by atomic mass is 19.1. The molecule has 2 aromatic carbocycles. The Morgan fingerprint density at radius 3 is 2.47 bits per heavy atom. The van der Waals surface area contributed by atoms with Gasteiger partial charge in [-0.2, -0.15) is 0 Å². The minimum Gasteiger partial charge on any atom is -0.385 e. The molecular weight excluding hydrogens is 377 g/mol. The Labute approximate surface area is 179 Å². The molecule has 4 nitrogen and oxygen atoms in total. The molecule has 3 aliphatic rings. The van der Waals surface area contributed by atoms with Gasteiger partial charge in [-0.15, -0.1) is 0 Å². The molecule has 1 saturated carbocycles. The summed E-state index contributed by atoms with van der Waals surface area (Å²) < 4.78 is 19.9. The SMILES string of the molecule is Cc1ccc(CCN2CC3C(CNc4ccc(N5CCOCC5)c(F)c4)C3C2)cc1. The molecule has 1 aliphatic carbocycles. The van der Waals surface area contributed by atoms with E-state index in [2.05, 4.69) is 46.3 Å². The molecule has 5 rings (SSSR count). The van der Waals surface area contributed by atoms with Gasteiger partial charge >= 0.3 is 0 Å². The van der Waals surface area contributed by atoms with E-state index in [1.807, 2.05) is 12.1 Å². The van der Waals surface area contributed by atoms with Crippen LogP contribution in [0.25, 0.3) is 0 Å². The van der Waals surface area contributed by atoms with Crippen LogP contribution in [0, 0.1) is 30.5 Å². The fraction of sp³-hybridized carbons (Fsp3) is 0.520. The lowest BCUT2D eigenvalue weighted by molar-refractivity contribution is 0.122. The van der Waals surface area contributed by atoms with Gasteiger partial charge in [-0.25, -0.2) is 4.39 Å². The molecule has 2 saturated heterocycles. The zero-order valence-electron chi connectivity index (χ0n) is 17.8. The Hall–Kier alpha value is -2.11. The summed E-state index contributed by atoms with van der Waals surface area (Å²) in [4.78, 5) is 4.68. The van der Waals surface area contributed by atoms with Gasteiger partial charge in [0.1, 0.15) is 5.82 Å². The summed E-state index contributed by atoms with van der Waals surface area (Å²) in [5.74, 6) is 2.23. The van der Waals surface area contributed by atoms with Crippen LogP contribution < -0.4 is 10.2 Å². The van der Waals surface area contributed by atoms with E-state index in [-0.39, 0.29) is 5.82 Å². The lowest BCUT2D eigenvalue weighted by Crippen LogP contribution is -2.36. The van der Waals surface area contributed by atoms with Crippen molar-refractivity contribution in [1.82, 2.24) is 4.90 Å². The van der Waals surface area contributed by atoms with Crippen LogP contribution in [-0.2, 0) is 11.2 Å². The van der Waals surface area contributed by atoms with Gasteiger partial charge in [0.15, 0.2) is 0 Å². The van der Waals surface area contributed by atoms with E-state index in [9.17, 15) is 4.39 Å². The monoisotopic (exact) mass is 409 g/mol. The maximum Gasteiger partial charge on any atom is 0.148 e. The summed E-state index contributed by atoms with van der Waals surface area (Å²) in [6, 6.07) is 14.5. The fourth-order valence-corrected chi connectivity index (χ4v) is 5.18. The number of nitrogens with zero attached hydrogens (tertiary/aromatic N) is 2. The lowest BCUT2D eigenvalue weighted by atomic mass is 10.1. The highest BCUT2D eigenvalue weighted by molar-refractivity contribution is 5.56. The number of rotatable bonds is 7. The van der Waals surface area contributed by atoms with Gasteiger partial charge in [-0.1, -0.05) is 29.8 Å². The second-order valence-corrected chi connectivity index (χ2v) is 9.13. The van der Waals surface area contributed by atoms with Crippen molar-refractivity contribution >= 4 is 11.4 Å². The van der Waals surface area contributed by atoms with Gasteiger partial charge in [-0.05, 0) is 54.9 Å². The third kappa shape index (κ3) is 4.33. The van der Waals surface area contributed by atoms with Crippen molar-refractivity contribution in [2.75, 3.05) is 62.7 Å². The Morgan fingerprint density at radius 2 is 1.77 bits per heavy atom. The van der Waals surface area contributed by atoms with Crippen molar-refractivity contribution in [3.05, 3.63) is 59.4 Å². The number of anilines is 2. The van der Waals surface area contributed by atoms with E-state index in [4.69, 9.17) is 4.74 Å². The number of benzene rings is 2. The lowest BCUT2D eigenvalue weighted by Gasteiger charge is -2.29. The van der Waals surface area contributed by atoms with E-state index in [1.165, 1.54) is 24.2 Å². The van der Waals surface area contributed by atoms with Gasteiger partial charge in [0.2, 0.25) is 0 Å². The van der Waals surface area contributed by atoms with E-state index in [0.29, 0.717) is 18.9 Å². The molecule has 1 N–H and O–H groups in total. The van der Waals surface area contributed by atoms with Crippen LogP contribution in [-0.4, -0.2) is 57.4 Å². The molecule has 160 valence electrons. The average Bonchev–Trinajstić information content (AvgIpc) is 3.22. The summed E-state index contributed by atoms with van der Waals surface area (Å²) in [6.07, 6.45) is 1.14. The molecular formula is C25H32FN3O. The summed E-state index contributed by atoms with van der Waals surface area (Å²) in [7, 11) is 0. The first-order chi connectivity index (χ1) is 14.7. The number of hydrogen-bond donors (Lipinski definition) is 1. The van der Waals surface area contributed by atoms with Crippen molar-refractivity contribution in [3.8, 4) is 0 Å². The van der Waals surface area contributed by atoms with Crippen LogP contribution in [0.3, 0.4) is 0 Å². The fourth-order valence-electron chi connectivity index (χ4n) is 5.18. The quantitative estimate of drug-likeness (QED) is 0.753. The molecule has 2 heterocycles. The first kappa shape index (κ1) is 19.8. The maximum absolute atomic E-state index is 14.6. The van der Waals surface area contributed by atoms with Gasteiger partial charge in [0.05, 0.1) is 18.9 Å². The Kier molecular flexibility index (Phi) is 5.66. The van der Waals surface area contributed by atoms with Crippen LogP contribution in [0.2, 0.25) is 0 Å². The molecule has 5 heteroatoms. The minimum absolute atomic E-state index is 0.139. The smallest absolute Gasteiger partial charge is 0.148 e. The molecule has 0 amide bonds. The number of piperidine rings is 1. The van der Waals surface area contributed by atoms with Crippen LogP contribution in [0.5, 0.6) is 0 Å². The van der Waals surface area contributed by atoms with Gasteiger partial charge in [-0.3, -0.25) is 0 Å². The summed E-state index contributed by atoms with van der Waals surface area (Å²) in [5, 5.41) is 3.48. The Balaban J connectivity index is 1.06. The van der Waals surface area contributed by atoms with Crippen LogP contribution in [0.1, 0.15) is 11.1 Å². The van der Waals surface area contributed by atoms with Crippen LogP contribution in [0.15, 0.2) is 42.5 Å². The molecule has 0 aromatic heterocycles. The molecule has 0 spiro atoms. The van der Waals surface area contributed by atoms with Crippen molar-refractivity contribution in [3.63, 3.8) is 0 Å². The van der Waals surface area contributed by atoms with E-state index >= 15 is 0 Å². The first-order valence-corrected chi connectivity index (χ1v) is 11.3. The number of morpholine rings is 1. The number of aryl methyl sites for hydroxylation is 1. The highest BCUT2D eigenvalue weighted by Gasteiger charge is 2.54. The Bertz CT molecular complexity index is 853. The van der Waals surface area contributed by atoms with E-state index in [1.54, 1.807) is 6.07 Å². The summed E-state index contributed by atoms with van der Waals surface area (Å²) >= 11 is 0. The van der Waals surface area contributed by atoms with E-state index < -0.39 is 0 Å². The number of hydrogen-bond acceptors (Lipinski definition) is 4. The molecule has 2 aliphatic heterocycles.